The fourth-order valence-corrected chi connectivity index (χ4v) is 7.39. The number of ether oxygens (including phenoxy) is 1. The van der Waals surface area contributed by atoms with Gasteiger partial charge in [-0.2, -0.15) is 0 Å². The number of esters is 1. The van der Waals surface area contributed by atoms with Gasteiger partial charge in [-0.05, 0) is 106 Å². The minimum absolute atomic E-state index is 0.113. The number of hydrogen-bond acceptors (Lipinski definition) is 5. The Morgan fingerprint density at radius 3 is 2.61 bits per heavy atom. The number of aliphatic hydroxyl groups is 3. The normalized spacial score (nSPS) is 37.4. The van der Waals surface area contributed by atoms with Crippen LogP contribution in [-0.4, -0.2) is 46.2 Å². The molecule has 4 fully saturated rings. The van der Waals surface area contributed by atoms with E-state index in [0.29, 0.717) is 31.3 Å². The summed E-state index contributed by atoms with van der Waals surface area (Å²) in [7, 11) is 0. The van der Waals surface area contributed by atoms with E-state index in [4.69, 9.17) is 4.74 Å². The molecular weight excluding hydrogens is 452 g/mol. The number of allylic oxidation sites excluding steroid dienone is 4. The van der Waals surface area contributed by atoms with E-state index in [0.717, 1.165) is 30.4 Å². The van der Waals surface area contributed by atoms with Crippen LogP contribution in [0.5, 0.6) is 0 Å². The van der Waals surface area contributed by atoms with Gasteiger partial charge < -0.3 is 20.1 Å². The van der Waals surface area contributed by atoms with Crippen LogP contribution in [-0.2, 0) is 9.53 Å². The van der Waals surface area contributed by atoms with Crippen LogP contribution in [0.4, 0.5) is 0 Å². The number of fused-ring (bicyclic) bond motifs is 1. The fraction of sp³-hybridized carbons (Fsp3) is 0.710. The minimum atomic E-state index is -0.969. The second kappa shape index (κ2) is 10.2. The van der Waals surface area contributed by atoms with Crippen LogP contribution >= 0.6 is 0 Å². The molecule has 0 spiro atoms. The minimum Gasteiger partial charge on any atom is -0.465 e. The molecule has 0 aromatic carbocycles. The molecule has 0 bridgehead atoms. The van der Waals surface area contributed by atoms with Crippen LogP contribution in [0.1, 0.15) is 85.5 Å². The van der Waals surface area contributed by atoms with Crippen LogP contribution < -0.4 is 0 Å². The Hall–Kier alpha value is -1.69. The Bertz CT molecular complexity index is 952. The van der Waals surface area contributed by atoms with Gasteiger partial charge in [-0.1, -0.05) is 43.4 Å². The second-order valence-corrected chi connectivity index (χ2v) is 12.6. The summed E-state index contributed by atoms with van der Waals surface area (Å²) in [5.74, 6) is 0.733. The highest BCUT2D eigenvalue weighted by Crippen LogP contribution is 2.69. The van der Waals surface area contributed by atoms with E-state index in [1.54, 1.807) is 20.8 Å². The maximum absolute atomic E-state index is 12.3. The molecule has 0 aliphatic heterocycles. The van der Waals surface area contributed by atoms with Gasteiger partial charge in [-0.25, -0.2) is 0 Å². The summed E-state index contributed by atoms with van der Waals surface area (Å²) >= 11 is 0. The molecule has 200 valence electrons. The summed E-state index contributed by atoms with van der Waals surface area (Å²) in [5, 5.41) is 31.2. The molecule has 0 unspecified atom stereocenters. The third-order valence-electron chi connectivity index (χ3n) is 9.90. The summed E-state index contributed by atoms with van der Waals surface area (Å²) in [6, 6.07) is 0. The molecule has 0 aromatic rings. The highest BCUT2D eigenvalue weighted by Gasteiger charge is 2.60. The van der Waals surface area contributed by atoms with Crippen molar-refractivity contribution in [2.75, 3.05) is 6.61 Å². The molecule has 0 saturated heterocycles. The highest BCUT2D eigenvalue weighted by molar-refractivity contribution is 5.77. The van der Waals surface area contributed by atoms with Crippen LogP contribution in [0, 0.1) is 28.1 Å². The predicted molar refractivity (Wildman–Crippen MR) is 142 cm³/mol. The maximum atomic E-state index is 12.3. The third-order valence-corrected chi connectivity index (χ3v) is 9.90. The van der Waals surface area contributed by atoms with Crippen LogP contribution in [0.25, 0.3) is 0 Å². The van der Waals surface area contributed by atoms with Crippen molar-refractivity contribution in [2.45, 2.75) is 104 Å². The lowest BCUT2D eigenvalue weighted by molar-refractivity contribution is -0.158. The monoisotopic (exact) mass is 498 g/mol. The maximum Gasteiger partial charge on any atom is 0.314 e. The standard InChI is InChI=1S/C31H46O5/c1-6-36-28(35)29(3,4)27(34)13-15-31(16-17-31)26-12-11-24-21(8-7-14-30(24,26)5)9-10-22-18-23(32)19-25(33)20(22)2/h9-10,13,15,23-27,32-34H,2,6-8,11-12,14,16-19H2,1,3-5H3/b15-13+,21-9+,22-10-/t23-,24+,25+,26+,27+,30+/m1/s1. The van der Waals surface area contributed by atoms with Gasteiger partial charge in [0.05, 0.1) is 30.3 Å². The van der Waals surface area contributed by atoms with Crippen LogP contribution in [0.15, 0.2) is 47.6 Å². The zero-order chi connectivity index (χ0) is 26.3. The zero-order valence-corrected chi connectivity index (χ0v) is 22.6. The number of hydrogen-bond donors (Lipinski definition) is 3. The van der Waals surface area contributed by atoms with Crippen molar-refractivity contribution in [1.29, 1.82) is 0 Å². The van der Waals surface area contributed by atoms with Gasteiger partial charge in [-0.15, -0.1) is 0 Å². The Labute approximate surface area is 217 Å². The van der Waals surface area contributed by atoms with Crippen molar-refractivity contribution in [3.63, 3.8) is 0 Å². The lowest BCUT2D eigenvalue weighted by Crippen LogP contribution is -2.38. The molecule has 5 nitrogen and oxygen atoms in total. The largest absolute Gasteiger partial charge is 0.465 e. The van der Waals surface area contributed by atoms with Gasteiger partial charge in [0.15, 0.2) is 0 Å². The Kier molecular flexibility index (Phi) is 7.77. The molecule has 0 heterocycles. The molecule has 0 amide bonds. The molecule has 36 heavy (non-hydrogen) atoms. The summed E-state index contributed by atoms with van der Waals surface area (Å²) in [6.07, 6.45) is 15.5. The van der Waals surface area contributed by atoms with Gasteiger partial charge in [0.2, 0.25) is 0 Å². The smallest absolute Gasteiger partial charge is 0.314 e. The van der Waals surface area contributed by atoms with Gasteiger partial charge in [0, 0.05) is 6.42 Å². The van der Waals surface area contributed by atoms with Gasteiger partial charge in [0.1, 0.15) is 0 Å². The first kappa shape index (κ1) is 27.3. The summed E-state index contributed by atoms with van der Waals surface area (Å²) in [5.41, 5.74) is 2.56. The molecule has 5 heteroatoms. The van der Waals surface area contributed by atoms with Gasteiger partial charge in [-0.3, -0.25) is 4.79 Å². The first-order valence-electron chi connectivity index (χ1n) is 13.9. The number of rotatable bonds is 7. The summed E-state index contributed by atoms with van der Waals surface area (Å²) in [4.78, 5) is 12.3. The first-order valence-corrected chi connectivity index (χ1v) is 13.9. The Morgan fingerprint density at radius 1 is 1.22 bits per heavy atom. The molecule has 4 rings (SSSR count). The molecule has 0 radical (unpaired) electrons. The van der Waals surface area contributed by atoms with E-state index in [9.17, 15) is 20.1 Å². The van der Waals surface area contributed by atoms with Crippen molar-refractivity contribution in [3.8, 4) is 0 Å². The molecule has 6 atom stereocenters. The Morgan fingerprint density at radius 2 is 1.94 bits per heavy atom. The van der Waals surface area contributed by atoms with Gasteiger partial charge >= 0.3 is 5.97 Å². The quantitative estimate of drug-likeness (QED) is 0.323. The number of carbonyl (C=O) groups is 1. The molecule has 0 aromatic heterocycles. The summed E-state index contributed by atoms with van der Waals surface area (Å²) < 4.78 is 5.18. The average Bonchev–Trinajstić information content (AvgIpc) is 3.52. The van der Waals surface area contributed by atoms with Crippen LogP contribution in [0.2, 0.25) is 0 Å². The van der Waals surface area contributed by atoms with Crippen molar-refractivity contribution in [1.82, 2.24) is 0 Å². The third kappa shape index (κ3) is 5.04. The topological polar surface area (TPSA) is 87.0 Å². The lowest BCUT2D eigenvalue weighted by Gasteiger charge is -2.45. The molecule has 4 aliphatic rings. The van der Waals surface area contributed by atoms with E-state index >= 15 is 0 Å². The second-order valence-electron chi connectivity index (χ2n) is 12.6. The number of aliphatic hydroxyl groups excluding tert-OH is 3. The first-order chi connectivity index (χ1) is 16.9. The van der Waals surface area contributed by atoms with Crippen LogP contribution in [0.3, 0.4) is 0 Å². The molecular formula is C31H46O5. The highest BCUT2D eigenvalue weighted by atomic mass is 16.5. The van der Waals surface area contributed by atoms with E-state index in [1.165, 1.54) is 31.3 Å². The van der Waals surface area contributed by atoms with Crippen molar-refractivity contribution >= 4 is 5.97 Å². The van der Waals surface area contributed by atoms with Gasteiger partial charge in [0.25, 0.3) is 0 Å². The van der Waals surface area contributed by atoms with E-state index in [-0.39, 0.29) is 16.8 Å². The van der Waals surface area contributed by atoms with E-state index < -0.39 is 23.7 Å². The van der Waals surface area contributed by atoms with E-state index in [1.807, 2.05) is 6.08 Å². The van der Waals surface area contributed by atoms with Crippen molar-refractivity contribution in [3.05, 3.63) is 47.6 Å². The fourth-order valence-electron chi connectivity index (χ4n) is 7.39. The molecule has 4 aliphatic carbocycles. The Balaban J connectivity index is 1.51. The summed E-state index contributed by atoms with van der Waals surface area (Å²) in [6.45, 7) is 12.1. The lowest BCUT2D eigenvalue weighted by atomic mass is 9.60. The van der Waals surface area contributed by atoms with E-state index in [2.05, 4.69) is 31.7 Å². The predicted octanol–water partition coefficient (Wildman–Crippen LogP) is 5.41. The number of carbonyl (C=O) groups excluding carboxylic acids is 1. The SMILES string of the molecule is C=C1/C(=C\C=C2/CCC[C@]3(C)[C@@H](C4(/C=C/[C@H](O)C(C)(C)C(=O)OCC)CC4)CC[C@@H]23)C[C@@H](O)C[C@@H]1O. The molecule has 3 N–H and O–H groups in total. The zero-order valence-electron chi connectivity index (χ0n) is 22.6. The molecule has 4 saturated carbocycles. The average molecular weight is 499 g/mol. The van der Waals surface area contributed by atoms with Crippen molar-refractivity contribution in [2.24, 2.45) is 28.1 Å². The van der Waals surface area contributed by atoms with Crippen molar-refractivity contribution < 1.29 is 24.9 Å².